The van der Waals surface area contributed by atoms with Gasteiger partial charge in [-0.25, -0.2) is 9.36 Å². The predicted molar refractivity (Wildman–Crippen MR) is 257 cm³/mol. The summed E-state index contributed by atoms with van der Waals surface area (Å²) in [6.07, 6.45) is 2.07. The molecule has 69 heavy (non-hydrogen) atoms. The first-order valence-corrected chi connectivity index (χ1v) is 24.2. The smallest absolute Gasteiger partial charge is 0.227 e. The molecule has 20 nitrogen and oxygen atoms in total. The van der Waals surface area contributed by atoms with Crippen LogP contribution in [0, 0.1) is 0 Å². The quantitative estimate of drug-likeness (QED) is 0.0614. The fraction of sp³-hybridized carbons (Fsp3) is 0.633. The average molecular weight is 967 g/mol. The summed E-state index contributed by atoms with van der Waals surface area (Å²) in [7, 11) is 0. The van der Waals surface area contributed by atoms with Crippen LogP contribution in [-0.2, 0) is 70.0 Å². The molecule has 20 heteroatoms. The van der Waals surface area contributed by atoms with Crippen molar-refractivity contribution in [3.63, 3.8) is 0 Å². The highest BCUT2D eigenvalue weighted by molar-refractivity contribution is 6.01. The first-order valence-electron chi connectivity index (χ1n) is 24.2. The number of carbonyl (C=O) groups excluding carboxylic acids is 2. The molecular weight excluding hydrogens is 893 g/mol. The van der Waals surface area contributed by atoms with E-state index in [1.54, 1.807) is 9.58 Å². The summed E-state index contributed by atoms with van der Waals surface area (Å²) in [5, 5.41) is 20.1. The number of hydrogen-bond donors (Lipinski definition) is 1. The molecule has 0 saturated heterocycles. The molecule has 2 aromatic heterocycles. The summed E-state index contributed by atoms with van der Waals surface area (Å²) in [5.74, 6) is 0.00536. The van der Waals surface area contributed by atoms with E-state index in [9.17, 15) is 9.59 Å². The second-order valence-electron chi connectivity index (χ2n) is 16.5. The molecule has 4 aromatic rings. The Hall–Kier alpha value is -4.74. The van der Waals surface area contributed by atoms with Crippen molar-refractivity contribution in [3.8, 4) is 22.5 Å². The average Bonchev–Trinajstić information content (AvgIpc) is 4.02. The molecule has 2 aromatic carbocycles. The van der Waals surface area contributed by atoms with E-state index in [0.29, 0.717) is 158 Å². The number of aromatic nitrogens is 6. The van der Waals surface area contributed by atoms with Gasteiger partial charge < -0.3 is 57.6 Å². The third-order valence-corrected chi connectivity index (χ3v) is 10.6. The molecule has 0 saturated carbocycles. The molecule has 0 fully saturated rings. The Labute approximate surface area is 406 Å². The van der Waals surface area contributed by atoms with Crippen molar-refractivity contribution >= 4 is 17.5 Å². The van der Waals surface area contributed by atoms with E-state index < -0.39 is 0 Å². The molecule has 0 spiro atoms. The molecule has 5 rings (SSSR count). The van der Waals surface area contributed by atoms with E-state index in [1.807, 2.05) is 59.4 Å². The Morgan fingerprint density at radius 3 is 1.55 bits per heavy atom. The third-order valence-electron chi connectivity index (χ3n) is 10.6. The lowest BCUT2D eigenvalue weighted by molar-refractivity contribution is -0.125. The van der Waals surface area contributed by atoms with Crippen molar-refractivity contribution in [3.05, 3.63) is 66.0 Å². The standard InChI is InChI=1S/C49H74N8O12/c1-39(2)44-38-55(53-51-44)16-18-61-20-22-63-24-26-65-28-30-67-32-34-69-36-35-68-33-31-66-29-27-64-25-23-62-21-19-60-17-15-50-46(58)13-14-47(59)56-37-41-9-5-6-10-42(41)49-48(52-54-57(49)40(3)4)43-11-7-8-12-45(43)56/h5-12,38-40H,13-37H2,1-4H3,(H,50,58). The largest absolute Gasteiger partial charge is 0.377 e. The molecule has 382 valence electrons. The zero-order valence-electron chi connectivity index (χ0n) is 41.1. The van der Waals surface area contributed by atoms with Gasteiger partial charge in [0.2, 0.25) is 11.8 Å². The molecule has 0 radical (unpaired) electrons. The molecular formula is C49H74N8O12. The van der Waals surface area contributed by atoms with Gasteiger partial charge in [0.15, 0.2) is 0 Å². The Morgan fingerprint density at radius 2 is 1.04 bits per heavy atom. The minimum atomic E-state index is -0.213. The van der Waals surface area contributed by atoms with E-state index in [-0.39, 0.29) is 30.7 Å². The van der Waals surface area contributed by atoms with Gasteiger partial charge in [0, 0.05) is 42.8 Å². The van der Waals surface area contributed by atoms with Crippen molar-refractivity contribution in [2.45, 2.75) is 65.6 Å². The van der Waals surface area contributed by atoms with Crippen LogP contribution in [0.5, 0.6) is 0 Å². The lowest BCUT2D eigenvalue weighted by Crippen LogP contribution is -2.34. The minimum Gasteiger partial charge on any atom is -0.377 e. The first kappa shape index (κ1) is 55.2. The van der Waals surface area contributed by atoms with Crippen LogP contribution in [-0.4, -0.2) is 180 Å². The van der Waals surface area contributed by atoms with Crippen LogP contribution in [0.2, 0.25) is 0 Å². The number of nitrogens with zero attached hydrogens (tertiary/aromatic N) is 7. The number of nitrogens with one attached hydrogen (secondary N) is 1. The molecule has 3 heterocycles. The van der Waals surface area contributed by atoms with E-state index in [0.717, 1.165) is 39.5 Å². The highest BCUT2D eigenvalue weighted by Crippen LogP contribution is 2.41. The van der Waals surface area contributed by atoms with E-state index in [1.165, 1.54) is 0 Å². The van der Waals surface area contributed by atoms with Gasteiger partial charge in [-0.05, 0) is 31.4 Å². The van der Waals surface area contributed by atoms with Crippen molar-refractivity contribution in [1.29, 1.82) is 0 Å². The Kier molecular flexibility index (Phi) is 26.4. The van der Waals surface area contributed by atoms with Crippen LogP contribution in [0.25, 0.3) is 22.5 Å². The van der Waals surface area contributed by atoms with Crippen LogP contribution in [0.4, 0.5) is 5.69 Å². The molecule has 1 N–H and O–H groups in total. The number of rotatable bonds is 38. The lowest BCUT2D eigenvalue weighted by Gasteiger charge is -2.28. The van der Waals surface area contributed by atoms with Gasteiger partial charge in [-0.2, -0.15) is 0 Å². The highest BCUT2D eigenvalue weighted by atomic mass is 16.6. The van der Waals surface area contributed by atoms with Crippen LogP contribution in [0.1, 0.15) is 63.8 Å². The third kappa shape index (κ3) is 20.3. The predicted octanol–water partition coefficient (Wildman–Crippen LogP) is 4.52. The summed E-state index contributed by atoms with van der Waals surface area (Å²) < 4.78 is 59.2. The number of amides is 2. The summed E-state index contributed by atoms with van der Waals surface area (Å²) >= 11 is 0. The van der Waals surface area contributed by atoms with E-state index in [4.69, 9.17) is 47.4 Å². The lowest BCUT2D eigenvalue weighted by atomic mass is 9.95. The monoisotopic (exact) mass is 967 g/mol. The van der Waals surface area contributed by atoms with Crippen molar-refractivity contribution in [2.75, 3.05) is 144 Å². The summed E-state index contributed by atoms with van der Waals surface area (Å²) in [6.45, 7) is 19.1. The van der Waals surface area contributed by atoms with Gasteiger partial charge in [0.25, 0.3) is 0 Å². The van der Waals surface area contributed by atoms with Crippen molar-refractivity contribution < 1.29 is 57.0 Å². The minimum absolute atomic E-state index is 0.0576. The van der Waals surface area contributed by atoms with Gasteiger partial charge in [0.05, 0.1) is 162 Å². The van der Waals surface area contributed by atoms with Crippen molar-refractivity contribution in [1.82, 2.24) is 35.3 Å². The van der Waals surface area contributed by atoms with Gasteiger partial charge in [0.1, 0.15) is 5.69 Å². The highest BCUT2D eigenvalue weighted by Gasteiger charge is 2.29. The number of fused-ring (bicyclic) bond motifs is 5. The van der Waals surface area contributed by atoms with Gasteiger partial charge in [-0.1, -0.05) is 66.7 Å². The summed E-state index contributed by atoms with van der Waals surface area (Å²) in [5.41, 5.74) is 6.19. The number of carbonyl (C=O) groups is 2. The first-order chi connectivity index (χ1) is 33.8. The maximum absolute atomic E-state index is 13.7. The Morgan fingerprint density at radius 1 is 0.565 bits per heavy atom. The Balaban J connectivity index is 0.743. The molecule has 1 aliphatic heterocycles. The fourth-order valence-corrected chi connectivity index (χ4v) is 7.00. The van der Waals surface area contributed by atoms with Crippen molar-refractivity contribution in [2.24, 2.45) is 0 Å². The number of benzene rings is 2. The number of anilines is 1. The SMILES string of the molecule is CC(C)c1cn(CCOCCOCCOCCOCCOCCOCCOCCOCCOCCOCCNC(=O)CCC(=O)N2Cc3ccccc3-c3c(nnn3C(C)C)-c3ccccc32)nn1. The molecule has 2 amide bonds. The van der Waals surface area contributed by atoms with Gasteiger partial charge in [-0.3, -0.25) is 9.59 Å². The van der Waals surface area contributed by atoms with Crippen LogP contribution in [0.3, 0.4) is 0 Å². The van der Waals surface area contributed by atoms with Crippen LogP contribution >= 0.6 is 0 Å². The van der Waals surface area contributed by atoms with E-state index in [2.05, 4.69) is 53.6 Å². The zero-order valence-corrected chi connectivity index (χ0v) is 41.1. The number of hydrogen-bond acceptors (Lipinski definition) is 16. The van der Waals surface area contributed by atoms with Gasteiger partial charge in [-0.15, -0.1) is 10.2 Å². The maximum Gasteiger partial charge on any atom is 0.227 e. The zero-order chi connectivity index (χ0) is 48.7. The second-order valence-corrected chi connectivity index (χ2v) is 16.5. The fourth-order valence-electron chi connectivity index (χ4n) is 7.00. The molecule has 0 bridgehead atoms. The second kappa shape index (κ2) is 33.0. The maximum atomic E-state index is 13.7. The molecule has 0 unspecified atom stereocenters. The summed E-state index contributed by atoms with van der Waals surface area (Å²) in [4.78, 5) is 28.2. The molecule has 0 atom stereocenters. The molecule has 0 aliphatic carbocycles. The normalized spacial score (nSPS) is 12.3. The van der Waals surface area contributed by atoms with Gasteiger partial charge >= 0.3 is 0 Å². The van der Waals surface area contributed by atoms with Crippen LogP contribution in [0.15, 0.2) is 54.7 Å². The summed E-state index contributed by atoms with van der Waals surface area (Å²) in [6, 6.07) is 15.9. The van der Waals surface area contributed by atoms with E-state index >= 15 is 0 Å². The molecule has 1 aliphatic rings. The Bertz CT molecular complexity index is 2030. The number of ether oxygens (including phenoxy) is 10. The number of para-hydroxylation sites is 1. The topological polar surface area (TPSA) is 203 Å². The van der Waals surface area contributed by atoms with Crippen LogP contribution < -0.4 is 10.2 Å².